The molecule has 0 radical (unpaired) electrons. The van der Waals surface area contributed by atoms with E-state index in [0.29, 0.717) is 23.4 Å². The van der Waals surface area contributed by atoms with Crippen LogP contribution in [0, 0.1) is 0 Å². The molecule has 2 aromatic carbocycles. The standard InChI is InChI=1S/C18H21N3O2/c1-4-17(22)19-14-8-6-9-15(12-14)20-18(23)13-7-5-10-16(11-13)21(2)3/h5-12H,4H2,1-3H3,(H,19,22)(H,20,23). The third-order valence-corrected chi connectivity index (χ3v) is 3.35. The molecular formula is C18H21N3O2. The minimum absolute atomic E-state index is 0.0628. The monoisotopic (exact) mass is 311 g/mol. The molecule has 2 N–H and O–H groups in total. The maximum absolute atomic E-state index is 12.4. The van der Waals surface area contributed by atoms with Crippen LogP contribution in [0.4, 0.5) is 17.1 Å². The van der Waals surface area contributed by atoms with Crippen LogP contribution >= 0.6 is 0 Å². The first kappa shape index (κ1) is 16.5. The third kappa shape index (κ3) is 4.57. The van der Waals surface area contributed by atoms with Crippen LogP contribution in [0.25, 0.3) is 0 Å². The lowest BCUT2D eigenvalue weighted by Gasteiger charge is -2.13. The molecule has 0 fully saturated rings. The average molecular weight is 311 g/mol. The zero-order valence-corrected chi connectivity index (χ0v) is 13.6. The Kier molecular flexibility index (Phi) is 5.36. The van der Waals surface area contributed by atoms with Crippen LogP contribution < -0.4 is 15.5 Å². The van der Waals surface area contributed by atoms with Crippen LogP contribution in [0.1, 0.15) is 23.7 Å². The first-order valence-corrected chi connectivity index (χ1v) is 7.48. The molecule has 5 nitrogen and oxygen atoms in total. The van der Waals surface area contributed by atoms with Gasteiger partial charge in [-0.2, -0.15) is 0 Å². The van der Waals surface area contributed by atoms with Crippen LogP contribution in [0.2, 0.25) is 0 Å². The molecule has 0 bridgehead atoms. The van der Waals surface area contributed by atoms with Crippen LogP contribution in [-0.2, 0) is 4.79 Å². The molecule has 120 valence electrons. The van der Waals surface area contributed by atoms with E-state index in [9.17, 15) is 9.59 Å². The SMILES string of the molecule is CCC(=O)Nc1cccc(NC(=O)c2cccc(N(C)C)c2)c1. The van der Waals surface area contributed by atoms with E-state index < -0.39 is 0 Å². The van der Waals surface area contributed by atoms with Gasteiger partial charge in [0.1, 0.15) is 0 Å². The second-order valence-electron chi connectivity index (χ2n) is 5.38. The zero-order chi connectivity index (χ0) is 16.8. The van der Waals surface area contributed by atoms with Crippen molar-refractivity contribution in [3.05, 3.63) is 54.1 Å². The predicted molar refractivity (Wildman–Crippen MR) is 94.1 cm³/mol. The maximum Gasteiger partial charge on any atom is 0.255 e. The fraction of sp³-hybridized carbons (Fsp3) is 0.222. The number of nitrogens with one attached hydrogen (secondary N) is 2. The first-order chi connectivity index (χ1) is 11.0. The highest BCUT2D eigenvalue weighted by Gasteiger charge is 2.08. The number of benzene rings is 2. The van der Waals surface area contributed by atoms with Gasteiger partial charge >= 0.3 is 0 Å². The molecule has 2 rings (SSSR count). The van der Waals surface area contributed by atoms with E-state index in [0.717, 1.165) is 5.69 Å². The molecular weight excluding hydrogens is 290 g/mol. The summed E-state index contributed by atoms with van der Waals surface area (Å²) in [7, 11) is 3.85. The summed E-state index contributed by atoms with van der Waals surface area (Å²) in [6.45, 7) is 1.79. The van der Waals surface area contributed by atoms with Crippen LogP contribution in [0.5, 0.6) is 0 Å². The van der Waals surface area contributed by atoms with E-state index in [1.165, 1.54) is 0 Å². The first-order valence-electron chi connectivity index (χ1n) is 7.48. The van der Waals surface area contributed by atoms with E-state index in [-0.39, 0.29) is 11.8 Å². The summed E-state index contributed by atoms with van der Waals surface area (Å²) in [5.74, 6) is -0.250. The molecule has 2 aromatic rings. The van der Waals surface area contributed by atoms with Crippen LogP contribution in [0.15, 0.2) is 48.5 Å². The molecule has 0 atom stereocenters. The van der Waals surface area contributed by atoms with Crippen molar-refractivity contribution < 1.29 is 9.59 Å². The largest absolute Gasteiger partial charge is 0.378 e. The summed E-state index contributed by atoms with van der Waals surface area (Å²) in [4.78, 5) is 25.7. The van der Waals surface area contributed by atoms with Crippen molar-refractivity contribution in [2.75, 3.05) is 29.6 Å². The lowest BCUT2D eigenvalue weighted by molar-refractivity contribution is -0.115. The van der Waals surface area contributed by atoms with E-state index in [4.69, 9.17) is 0 Å². The molecule has 0 aliphatic heterocycles. The van der Waals surface area contributed by atoms with Crippen molar-refractivity contribution in [2.45, 2.75) is 13.3 Å². The van der Waals surface area contributed by atoms with E-state index in [1.807, 2.05) is 37.2 Å². The maximum atomic E-state index is 12.4. The van der Waals surface area contributed by atoms with E-state index in [1.54, 1.807) is 37.3 Å². The quantitative estimate of drug-likeness (QED) is 0.890. The smallest absolute Gasteiger partial charge is 0.255 e. The highest BCUT2D eigenvalue weighted by molar-refractivity contribution is 6.05. The number of hydrogen-bond donors (Lipinski definition) is 2. The molecule has 0 spiro atoms. The van der Waals surface area contributed by atoms with Gasteiger partial charge in [0.05, 0.1) is 0 Å². The minimum Gasteiger partial charge on any atom is -0.378 e. The lowest BCUT2D eigenvalue weighted by Crippen LogP contribution is -2.14. The summed E-state index contributed by atoms with van der Waals surface area (Å²) in [5.41, 5.74) is 2.84. The third-order valence-electron chi connectivity index (χ3n) is 3.35. The second kappa shape index (κ2) is 7.45. The van der Waals surface area contributed by atoms with Gasteiger partial charge in [-0.25, -0.2) is 0 Å². The molecule has 0 heterocycles. The number of anilines is 3. The number of hydrogen-bond acceptors (Lipinski definition) is 3. The molecule has 0 saturated heterocycles. The van der Waals surface area contributed by atoms with Crippen LogP contribution in [0.3, 0.4) is 0 Å². The number of carbonyl (C=O) groups excluding carboxylic acids is 2. The Morgan fingerprint density at radius 3 is 2.26 bits per heavy atom. The molecule has 0 aromatic heterocycles. The van der Waals surface area contributed by atoms with Crippen LogP contribution in [-0.4, -0.2) is 25.9 Å². The Bertz CT molecular complexity index is 711. The highest BCUT2D eigenvalue weighted by atomic mass is 16.2. The topological polar surface area (TPSA) is 61.4 Å². The van der Waals surface area contributed by atoms with Crippen molar-refractivity contribution in [1.29, 1.82) is 0 Å². The van der Waals surface area contributed by atoms with Gasteiger partial charge in [-0.3, -0.25) is 9.59 Å². The van der Waals surface area contributed by atoms with Gasteiger partial charge in [0.25, 0.3) is 5.91 Å². The van der Waals surface area contributed by atoms with E-state index in [2.05, 4.69) is 10.6 Å². The summed E-state index contributed by atoms with van der Waals surface area (Å²) >= 11 is 0. The number of amides is 2. The molecule has 0 saturated carbocycles. The van der Waals surface area contributed by atoms with Crippen molar-refractivity contribution in [3.8, 4) is 0 Å². The van der Waals surface area contributed by atoms with Crippen molar-refractivity contribution in [1.82, 2.24) is 0 Å². The Morgan fingerprint density at radius 2 is 1.61 bits per heavy atom. The Morgan fingerprint density at radius 1 is 0.957 bits per heavy atom. The molecule has 23 heavy (non-hydrogen) atoms. The van der Waals surface area contributed by atoms with Gasteiger partial charge in [-0.05, 0) is 36.4 Å². The fourth-order valence-electron chi connectivity index (χ4n) is 2.05. The molecule has 0 unspecified atom stereocenters. The normalized spacial score (nSPS) is 10.0. The summed E-state index contributed by atoms with van der Waals surface area (Å²) < 4.78 is 0. The van der Waals surface area contributed by atoms with Crippen molar-refractivity contribution in [3.63, 3.8) is 0 Å². The van der Waals surface area contributed by atoms with Gasteiger partial charge in [0, 0.05) is 43.1 Å². The van der Waals surface area contributed by atoms with Gasteiger partial charge in [0.2, 0.25) is 5.91 Å². The second-order valence-corrected chi connectivity index (χ2v) is 5.38. The Hall–Kier alpha value is -2.82. The van der Waals surface area contributed by atoms with Gasteiger partial charge in [0.15, 0.2) is 0 Å². The Labute approximate surface area is 136 Å². The number of nitrogens with zero attached hydrogens (tertiary/aromatic N) is 1. The molecule has 5 heteroatoms. The van der Waals surface area contributed by atoms with Gasteiger partial charge in [-0.15, -0.1) is 0 Å². The fourth-order valence-corrected chi connectivity index (χ4v) is 2.05. The molecule has 2 amide bonds. The summed E-state index contributed by atoms with van der Waals surface area (Å²) in [6, 6.07) is 14.5. The van der Waals surface area contributed by atoms with Crippen molar-refractivity contribution in [2.24, 2.45) is 0 Å². The minimum atomic E-state index is -0.187. The highest BCUT2D eigenvalue weighted by Crippen LogP contribution is 2.18. The number of rotatable bonds is 5. The van der Waals surface area contributed by atoms with E-state index >= 15 is 0 Å². The summed E-state index contributed by atoms with van der Waals surface area (Å²) in [6.07, 6.45) is 0.411. The Balaban J connectivity index is 2.12. The van der Waals surface area contributed by atoms with Crippen molar-refractivity contribution >= 4 is 28.9 Å². The lowest BCUT2D eigenvalue weighted by atomic mass is 10.1. The summed E-state index contributed by atoms with van der Waals surface area (Å²) in [5, 5.41) is 5.62. The number of carbonyl (C=O) groups is 2. The zero-order valence-electron chi connectivity index (χ0n) is 13.6. The molecule has 0 aliphatic carbocycles. The van der Waals surface area contributed by atoms with Gasteiger partial charge in [-0.1, -0.05) is 19.1 Å². The predicted octanol–water partition coefficient (Wildman–Crippen LogP) is 3.35. The average Bonchev–Trinajstić information content (AvgIpc) is 2.55. The van der Waals surface area contributed by atoms with Gasteiger partial charge < -0.3 is 15.5 Å². The molecule has 0 aliphatic rings.